The van der Waals surface area contributed by atoms with E-state index < -0.39 is 29.0 Å². The van der Waals surface area contributed by atoms with E-state index in [4.69, 9.17) is 4.74 Å². The van der Waals surface area contributed by atoms with E-state index in [9.17, 15) is 23.9 Å². The number of amides is 1. The molecule has 0 saturated carbocycles. The van der Waals surface area contributed by atoms with E-state index in [1.807, 2.05) is 6.92 Å². The molecule has 0 saturated heterocycles. The number of alkyl halides is 1. The number of aryl methyl sites for hydroxylation is 1. The molecule has 2 atom stereocenters. The molecular weight excluding hydrogens is 410 g/mol. The fraction of sp³-hybridized carbons (Fsp3) is 0.421. The Balaban J connectivity index is 0.00000420. The number of carboxylic acids is 1. The van der Waals surface area contributed by atoms with E-state index in [0.29, 0.717) is 22.3 Å². The van der Waals surface area contributed by atoms with Gasteiger partial charge in [-0.15, -0.1) is 11.8 Å². The molecule has 0 radical (unpaired) electrons. The van der Waals surface area contributed by atoms with Gasteiger partial charge in [-0.2, -0.15) is 0 Å². The number of aromatic nitrogens is 1. The molecule has 0 aliphatic carbocycles. The number of fused-ring (bicyclic) bond motifs is 1. The Morgan fingerprint density at radius 1 is 1.38 bits per heavy atom. The van der Waals surface area contributed by atoms with Crippen LogP contribution in [-0.4, -0.2) is 39.9 Å². The number of carbonyl (C=O) groups excluding carboxylic acids is 1. The van der Waals surface area contributed by atoms with Gasteiger partial charge in [-0.3, -0.25) is 4.79 Å². The predicted octanol–water partition coefficient (Wildman–Crippen LogP) is 0.749. The molecule has 0 spiro atoms. The van der Waals surface area contributed by atoms with Gasteiger partial charge in [-0.25, -0.2) is 14.0 Å². The molecule has 0 aliphatic heterocycles. The van der Waals surface area contributed by atoms with Crippen molar-refractivity contribution in [1.29, 1.82) is 0 Å². The number of carbonyl (C=O) groups is 2. The van der Waals surface area contributed by atoms with Crippen LogP contribution >= 0.6 is 11.8 Å². The summed E-state index contributed by atoms with van der Waals surface area (Å²) in [5, 5.41) is 11.7. The second-order valence-electron chi connectivity index (χ2n) is 6.15. The van der Waals surface area contributed by atoms with Crippen LogP contribution in [0.25, 0.3) is 10.9 Å². The molecule has 154 valence electrons. The average molecular weight is 434 g/mol. The number of carboxylic acid groups (broad SMARTS) is 1. The molecule has 0 fully saturated rings. The molecule has 2 rings (SSSR count). The van der Waals surface area contributed by atoms with Gasteiger partial charge in [-0.1, -0.05) is 6.92 Å². The monoisotopic (exact) mass is 434 g/mol. The van der Waals surface area contributed by atoms with Crippen molar-refractivity contribution in [3.05, 3.63) is 40.2 Å². The molecule has 7 nitrogen and oxygen atoms in total. The van der Waals surface area contributed by atoms with Crippen molar-refractivity contribution >= 4 is 34.7 Å². The zero-order valence-corrected chi connectivity index (χ0v) is 19.7. The molecule has 0 aliphatic rings. The second kappa shape index (κ2) is 11.6. The van der Waals surface area contributed by atoms with Gasteiger partial charge in [0.05, 0.1) is 10.9 Å². The summed E-state index contributed by atoms with van der Waals surface area (Å²) in [6, 6.07) is 5.14. The maximum Gasteiger partial charge on any atom is 1.00 e. The Labute approximate surface area is 195 Å². The van der Waals surface area contributed by atoms with Crippen LogP contribution in [-0.2, 0) is 11.3 Å². The molecule has 2 unspecified atom stereocenters. The first-order valence-corrected chi connectivity index (χ1v) is 9.79. The number of rotatable bonds is 8. The number of pyridine rings is 1. The van der Waals surface area contributed by atoms with E-state index in [1.54, 1.807) is 36.6 Å². The van der Waals surface area contributed by atoms with Gasteiger partial charge in [0, 0.05) is 23.0 Å². The normalized spacial score (nSPS) is 12.7. The first-order valence-electron chi connectivity index (χ1n) is 8.91. The third-order valence-electron chi connectivity index (χ3n) is 4.09. The third-order valence-corrected chi connectivity index (χ3v) is 5.09. The Morgan fingerprint density at radius 2 is 2.07 bits per heavy atom. The van der Waals surface area contributed by atoms with Crippen LogP contribution in [0, 0.1) is 0 Å². The number of thioether (sulfide) groups is 1. The minimum absolute atomic E-state index is 0. The number of alkyl carbamates (subject to hydrolysis) is 1. The Morgan fingerprint density at radius 3 is 2.66 bits per heavy atom. The number of halogens is 1. The van der Waals surface area contributed by atoms with E-state index in [0.717, 1.165) is 0 Å². The first-order chi connectivity index (χ1) is 13.3. The topological polar surface area (TPSA) is 97.6 Å². The summed E-state index contributed by atoms with van der Waals surface area (Å²) in [4.78, 5) is 36.2. The molecule has 1 amide bonds. The fourth-order valence-corrected chi connectivity index (χ4v) is 3.48. The molecule has 1 heterocycles. The zero-order chi connectivity index (χ0) is 20.8. The van der Waals surface area contributed by atoms with E-state index in [-0.39, 0.29) is 49.6 Å². The van der Waals surface area contributed by atoms with Crippen molar-refractivity contribution in [3.63, 3.8) is 0 Å². The summed E-state index contributed by atoms with van der Waals surface area (Å²) in [6.45, 7) is 5.45. The number of aromatic carboxylic acids is 1. The van der Waals surface area contributed by atoms with Crippen LogP contribution < -0.4 is 40.3 Å². The number of ether oxygens (including phenoxy) is 1. The summed E-state index contributed by atoms with van der Waals surface area (Å²) in [5.74, 6) is -1.27. The van der Waals surface area contributed by atoms with Gasteiger partial charge < -0.3 is 21.2 Å². The first kappa shape index (κ1) is 25.5. The second-order valence-corrected chi connectivity index (χ2v) is 7.56. The van der Waals surface area contributed by atoms with E-state index in [2.05, 4.69) is 5.32 Å². The number of nitrogens with zero attached hydrogens (tertiary/aromatic N) is 1. The summed E-state index contributed by atoms with van der Waals surface area (Å²) < 4.78 is 19.6. The summed E-state index contributed by atoms with van der Waals surface area (Å²) in [7, 11) is 0. The number of benzene rings is 1. The quantitative estimate of drug-likeness (QED) is 0.362. The number of nitrogens with one attached hydrogen (secondary N) is 1. The maximum atomic E-state index is 13.1. The molecule has 1 aromatic heterocycles. The van der Waals surface area contributed by atoms with Crippen molar-refractivity contribution < 1.29 is 54.8 Å². The molecule has 29 heavy (non-hydrogen) atoms. The van der Waals surface area contributed by atoms with Crippen molar-refractivity contribution in [2.45, 2.75) is 50.2 Å². The van der Waals surface area contributed by atoms with Gasteiger partial charge in [-0.05, 0) is 38.5 Å². The van der Waals surface area contributed by atoms with Gasteiger partial charge in [0.1, 0.15) is 18.3 Å². The average Bonchev–Trinajstić information content (AvgIpc) is 2.66. The minimum Gasteiger partial charge on any atom is -1.00 e. The van der Waals surface area contributed by atoms with Crippen molar-refractivity contribution in [3.8, 4) is 0 Å². The van der Waals surface area contributed by atoms with Crippen LogP contribution in [0.4, 0.5) is 9.18 Å². The summed E-state index contributed by atoms with van der Waals surface area (Å²) in [6.07, 6.45) is -0.312. The molecule has 2 aromatic rings. The van der Waals surface area contributed by atoms with Gasteiger partial charge in [0.25, 0.3) is 0 Å². The number of hydrogen-bond donors (Lipinski definition) is 2. The molecule has 2 N–H and O–H groups in total. The van der Waals surface area contributed by atoms with Crippen LogP contribution in [0.5, 0.6) is 0 Å². The largest absolute Gasteiger partial charge is 1.00 e. The molecule has 0 bridgehead atoms. The van der Waals surface area contributed by atoms with Gasteiger partial charge in [0.15, 0.2) is 0 Å². The zero-order valence-electron chi connectivity index (χ0n) is 17.9. The Hall–Kier alpha value is -1.55. The van der Waals surface area contributed by atoms with E-state index >= 15 is 0 Å². The smallest absolute Gasteiger partial charge is 1.00 e. The van der Waals surface area contributed by atoms with Gasteiger partial charge in [0.2, 0.25) is 5.43 Å². The molecular formula is C19H24FN2NaO5S. The summed E-state index contributed by atoms with van der Waals surface area (Å²) in [5.41, 5.74) is -0.207. The van der Waals surface area contributed by atoms with E-state index in [1.165, 1.54) is 18.0 Å². The number of hydrogen-bond acceptors (Lipinski definition) is 5. The standard InChI is InChI=1S/C19H23FN2O5S.Na.H/c1-4-12(20)10-27-19(26)21-11(3)28-13-6-7-16-14(8-13)17(23)15(18(24)25)9-22(16)5-2;;/h6-9,11-12H,4-5,10H2,1-3H3,(H,21,26)(H,24,25);;/q;+1;-1. The predicted molar refractivity (Wildman–Crippen MR) is 107 cm³/mol. The molecule has 10 heteroatoms. The SMILES string of the molecule is CCC(F)COC(=O)NC(C)Sc1ccc2c(c1)c(=O)c(C(=O)O)cn2CC.[H-].[Na+]. The maximum absolute atomic E-state index is 13.1. The Bertz CT molecular complexity index is 943. The third kappa shape index (κ3) is 6.74. The molecule has 1 aromatic carbocycles. The minimum atomic E-state index is -1.27. The van der Waals surface area contributed by atoms with Crippen LogP contribution in [0.15, 0.2) is 34.1 Å². The van der Waals surface area contributed by atoms with Crippen molar-refractivity contribution in [2.24, 2.45) is 0 Å². The summed E-state index contributed by atoms with van der Waals surface area (Å²) >= 11 is 1.26. The Kier molecular flexibility index (Phi) is 10.2. The van der Waals surface area contributed by atoms with Crippen molar-refractivity contribution in [1.82, 2.24) is 9.88 Å². The fourth-order valence-electron chi connectivity index (χ4n) is 2.59. The van der Waals surface area contributed by atoms with Crippen molar-refractivity contribution in [2.75, 3.05) is 6.61 Å². The van der Waals surface area contributed by atoms with Gasteiger partial charge >= 0.3 is 41.6 Å². The van der Waals surface area contributed by atoms with Crippen LogP contribution in [0.2, 0.25) is 0 Å². The van der Waals surface area contributed by atoms with Crippen LogP contribution in [0.1, 0.15) is 39.0 Å². The van der Waals surface area contributed by atoms with Crippen LogP contribution in [0.3, 0.4) is 0 Å².